The molecule has 0 spiro atoms. The highest BCUT2D eigenvalue weighted by Gasteiger charge is 2.23. The Morgan fingerprint density at radius 1 is 1.21 bits per heavy atom. The van der Waals surface area contributed by atoms with E-state index in [0.29, 0.717) is 19.0 Å². The molecule has 0 amide bonds. The topological polar surface area (TPSA) is 73.8 Å². The third kappa shape index (κ3) is 8.61. The summed E-state index contributed by atoms with van der Waals surface area (Å²) in [5.41, 5.74) is 1.25. The minimum absolute atomic E-state index is 0.111. The first-order valence-corrected chi connectivity index (χ1v) is 12.1. The number of sulfone groups is 1. The molecule has 0 atom stereocenters. The van der Waals surface area contributed by atoms with Crippen LogP contribution in [0.3, 0.4) is 0 Å². The molecule has 6 nitrogen and oxygen atoms in total. The molecule has 28 heavy (non-hydrogen) atoms. The standard InChI is InChI=1S/C21H36N4O2S/c1-21(2,12-15-28(4,26)27)17-23-20(22-3)24-19-10-13-25(14-11-19)16-18-8-6-5-7-9-18/h5-9,19H,10-17H2,1-4H3,(H2,22,23,24). The van der Waals surface area contributed by atoms with Crippen LogP contribution in [0.5, 0.6) is 0 Å². The molecule has 2 rings (SSSR count). The van der Waals surface area contributed by atoms with Crippen molar-refractivity contribution in [3.05, 3.63) is 35.9 Å². The second-order valence-electron chi connectivity index (χ2n) is 8.65. The predicted octanol–water partition coefficient (Wildman–Crippen LogP) is 2.28. The summed E-state index contributed by atoms with van der Waals surface area (Å²) in [5.74, 6) is 1.02. The molecule has 0 radical (unpaired) electrons. The van der Waals surface area contributed by atoms with Crippen LogP contribution in [-0.4, -0.2) is 64.0 Å². The second-order valence-corrected chi connectivity index (χ2v) is 10.9. The molecular formula is C21H36N4O2S. The predicted molar refractivity (Wildman–Crippen MR) is 117 cm³/mol. The zero-order chi connectivity index (χ0) is 20.6. The average Bonchev–Trinajstić information content (AvgIpc) is 2.65. The Bertz CT molecular complexity index is 724. The zero-order valence-electron chi connectivity index (χ0n) is 17.7. The number of hydrogen-bond donors (Lipinski definition) is 2. The monoisotopic (exact) mass is 408 g/mol. The van der Waals surface area contributed by atoms with E-state index in [2.05, 4.69) is 64.7 Å². The van der Waals surface area contributed by atoms with Gasteiger partial charge in [-0.25, -0.2) is 8.42 Å². The van der Waals surface area contributed by atoms with Crippen molar-refractivity contribution in [1.82, 2.24) is 15.5 Å². The molecule has 7 heteroatoms. The number of piperidine rings is 1. The van der Waals surface area contributed by atoms with Crippen molar-refractivity contribution in [2.24, 2.45) is 10.4 Å². The van der Waals surface area contributed by atoms with E-state index in [9.17, 15) is 8.42 Å². The molecule has 0 saturated carbocycles. The lowest BCUT2D eigenvalue weighted by atomic mass is 9.90. The molecule has 1 fully saturated rings. The average molecular weight is 409 g/mol. The maximum atomic E-state index is 11.4. The number of likely N-dealkylation sites (tertiary alicyclic amines) is 1. The fraction of sp³-hybridized carbons (Fsp3) is 0.667. The van der Waals surface area contributed by atoms with Crippen LogP contribution in [0.25, 0.3) is 0 Å². The molecule has 1 heterocycles. The van der Waals surface area contributed by atoms with Crippen LogP contribution in [0.4, 0.5) is 0 Å². The number of aliphatic imine (C=N–C) groups is 1. The number of hydrogen-bond acceptors (Lipinski definition) is 4. The van der Waals surface area contributed by atoms with Gasteiger partial charge < -0.3 is 10.6 Å². The summed E-state index contributed by atoms with van der Waals surface area (Å²) in [6.07, 6.45) is 4.10. The highest BCUT2D eigenvalue weighted by atomic mass is 32.2. The Labute approximate surface area is 170 Å². The molecule has 0 unspecified atom stereocenters. The van der Waals surface area contributed by atoms with Crippen LogP contribution in [-0.2, 0) is 16.4 Å². The molecule has 1 aliphatic heterocycles. The smallest absolute Gasteiger partial charge is 0.191 e. The molecule has 1 saturated heterocycles. The van der Waals surface area contributed by atoms with Crippen molar-refractivity contribution < 1.29 is 8.42 Å². The van der Waals surface area contributed by atoms with Gasteiger partial charge in [0, 0.05) is 45.5 Å². The molecule has 0 bridgehead atoms. The van der Waals surface area contributed by atoms with Gasteiger partial charge in [-0.1, -0.05) is 44.2 Å². The van der Waals surface area contributed by atoms with Crippen LogP contribution in [0.2, 0.25) is 0 Å². The number of guanidine groups is 1. The van der Waals surface area contributed by atoms with E-state index in [4.69, 9.17) is 0 Å². The summed E-state index contributed by atoms with van der Waals surface area (Å²) in [7, 11) is -1.15. The molecule has 1 aromatic rings. The van der Waals surface area contributed by atoms with E-state index < -0.39 is 9.84 Å². The molecule has 0 aliphatic carbocycles. The van der Waals surface area contributed by atoms with Gasteiger partial charge in [-0.3, -0.25) is 9.89 Å². The maximum Gasteiger partial charge on any atom is 0.191 e. The Balaban J connectivity index is 1.73. The minimum atomic E-state index is -2.93. The Morgan fingerprint density at radius 3 is 2.43 bits per heavy atom. The Hall–Kier alpha value is -1.60. The molecule has 2 N–H and O–H groups in total. The Morgan fingerprint density at radius 2 is 1.86 bits per heavy atom. The molecule has 158 valence electrons. The van der Waals surface area contributed by atoms with Crippen LogP contribution in [0.1, 0.15) is 38.7 Å². The van der Waals surface area contributed by atoms with Gasteiger partial charge >= 0.3 is 0 Å². The van der Waals surface area contributed by atoms with Crippen LogP contribution >= 0.6 is 0 Å². The number of rotatable bonds is 8. The number of nitrogens with zero attached hydrogens (tertiary/aromatic N) is 2. The zero-order valence-corrected chi connectivity index (χ0v) is 18.6. The van der Waals surface area contributed by atoms with Crippen molar-refractivity contribution in [3.8, 4) is 0 Å². The first-order valence-electron chi connectivity index (χ1n) is 10.1. The van der Waals surface area contributed by atoms with E-state index in [1.807, 2.05) is 0 Å². The molecule has 1 aromatic carbocycles. The lowest BCUT2D eigenvalue weighted by Gasteiger charge is -2.33. The van der Waals surface area contributed by atoms with Gasteiger partial charge in [0.2, 0.25) is 0 Å². The van der Waals surface area contributed by atoms with E-state index in [1.54, 1.807) is 7.05 Å². The largest absolute Gasteiger partial charge is 0.356 e. The minimum Gasteiger partial charge on any atom is -0.356 e. The molecule has 1 aliphatic rings. The van der Waals surface area contributed by atoms with E-state index >= 15 is 0 Å². The third-order valence-corrected chi connectivity index (χ3v) is 6.23. The van der Waals surface area contributed by atoms with Crippen LogP contribution in [0, 0.1) is 5.41 Å². The normalized spacial score (nSPS) is 17.5. The fourth-order valence-corrected chi connectivity index (χ4v) is 4.26. The summed E-state index contributed by atoms with van der Waals surface area (Å²) < 4.78 is 22.8. The maximum absolute atomic E-state index is 11.4. The molecular weight excluding hydrogens is 372 g/mol. The quantitative estimate of drug-likeness (QED) is 0.510. The lowest BCUT2D eigenvalue weighted by Crippen LogP contribution is -2.50. The van der Waals surface area contributed by atoms with E-state index in [-0.39, 0.29) is 11.2 Å². The summed E-state index contributed by atoms with van der Waals surface area (Å²) in [4.78, 5) is 6.84. The first kappa shape index (κ1) is 22.7. The third-order valence-electron chi connectivity index (χ3n) is 5.29. The van der Waals surface area contributed by atoms with Crippen LogP contribution < -0.4 is 10.6 Å². The fourth-order valence-electron chi connectivity index (χ4n) is 3.34. The van der Waals surface area contributed by atoms with Crippen molar-refractivity contribution >= 4 is 15.8 Å². The Kier molecular flexibility index (Phi) is 8.31. The van der Waals surface area contributed by atoms with Crippen molar-refractivity contribution in [2.75, 3.05) is 38.7 Å². The van der Waals surface area contributed by atoms with Crippen molar-refractivity contribution in [3.63, 3.8) is 0 Å². The van der Waals surface area contributed by atoms with Gasteiger partial charge in [0.15, 0.2) is 5.96 Å². The molecule has 0 aromatic heterocycles. The lowest BCUT2D eigenvalue weighted by molar-refractivity contribution is 0.198. The van der Waals surface area contributed by atoms with Gasteiger partial charge in [-0.05, 0) is 30.2 Å². The van der Waals surface area contributed by atoms with Gasteiger partial charge in [0.05, 0.1) is 5.75 Å². The summed E-state index contributed by atoms with van der Waals surface area (Å²) in [6, 6.07) is 11.0. The summed E-state index contributed by atoms with van der Waals surface area (Å²) in [5, 5.41) is 6.90. The van der Waals surface area contributed by atoms with Crippen LogP contribution in [0.15, 0.2) is 35.3 Å². The van der Waals surface area contributed by atoms with Crippen molar-refractivity contribution in [2.45, 2.75) is 45.7 Å². The van der Waals surface area contributed by atoms with Gasteiger partial charge in [0.1, 0.15) is 9.84 Å². The summed E-state index contributed by atoms with van der Waals surface area (Å²) in [6.45, 7) is 8.01. The van der Waals surface area contributed by atoms with Gasteiger partial charge in [-0.15, -0.1) is 0 Å². The number of nitrogens with one attached hydrogen (secondary N) is 2. The highest BCUT2D eigenvalue weighted by Crippen LogP contribution is 2.20. The highest BCUT2D eigenvalue weighted by molar-refractivity contribution is 7.90. The summed E-state index contributed by atoms with van der Waals surface area (Å²) >= 11 is 0. The van der Waals surface area contributed by atoms with Gasteiger partial charge in [-0.2, -0.15) is 0 Å². The second kappa shape index (κ2) is 10.3. The van der Waals surface area contributed by atoms with E-state index in [0.717, 1.165) is 38.4 Å². The van der Waals surface area contributed by atoms with Crippen molar-refractivity contribution in [1.29, 1.82) is 0 Å². The SMILES string of the molecule is CN=C(NCC(C)(C)CCS(C)(=O)=O)NC1CCN(Cc2ccccc2)CC1. The first-order chi connectivity index (χ1) is 13.2. The number of benzene rings is 1. The van der Waals surface area contributed by atoms with Gasteiger partial charge in [0.25, 0.3) is 0 Å². The van der Waals surface area contributed by atoms with E-state index in [1.165, 1.54) is 11.8 Å².